The standard InChI is InChI=1S/C48H50N10O5.C2HF3O2/c1-63-42-21-31(9-11-39(42)51-47-49-17-14-38(50-47)37-26-57(29-6-7-29)40-5-3-2-4-34(37)40)56-27-48(28-56)15-18-53(19-16-48)32-22-55(23-32)33-24-54(25-33)30-8-10-35-36(20-30)46(62)58(45(35)61)41-12-13-43(59)52-44(41)60;3-2(4,5)1(6)7/h2-5,8-11,14,17,20-21,26,29,32-33,41H,6-7,12-13,15-16,18-19,22-25,27-28H2,1H3,(H,49,50,51)(H,52,59,60);(H,6,7). The SMILES string of the molecule is COc1cc(N2CC3(CCN(C4CN(C5CN(c6ccc7c(c6)C(=O)N(C6CCC(=O)NC6=O)C7=O)C5)C4)CC3)C2)ccc1Nc1nccc(-c2cn(C3CC3)c3ccccc23)n1.O=C(O)C(F)(F)F. The number of nitrogens with zero attached hydrogens (tertiary/aromatic N) is 8. The van der Waals surface area contributed by atoms with Gasteiger partial charge in [-0.05, 0) is 87.7 Å². The number of nitrogens with one attached hydrogen (secondary N) is 2. The van der Waals surface area contributed by atoms with E-state index in [1.807, 2.05) is 18.3 Å². The molecule has 1 aliphatic carbocycles. The number of carbonyl (C=O) groups excluding carboxylic acids is 4. The molecule has 1 atom stereocenters. The van der Waals surface area contributed by atoms with E-state index in [-0.39, 0.29) is 18.7 Å². The highest BCUT2D eigenvalue weighted by molar-refractivity contribution is 6.23. The van der Waals surface area contributed by atoms with E-state index in [1.54, 1.807) is 19.2 Å². The van der Waals surface area contributed by atoms with E-state index in [9.17, 15) is 32.3 Å². The molecule has 1 unspecified atom stereocenters. The van der Waals surface area contributed by atoms with Gasteiger partial charge >= 0.3 is 12.1 Å². The summed E-state index contributed by atoms with van der Waals surface area (Å²) in [4.78, 5) is 80.0. The topological polar surface area (TPSA) is 186 Å². The molecule has 17 nitrogen and oxygen atoms in total. The van der Waals surface area contributed by atoms with Gasteiger partial charge in [0.15, 0.2) is 0 Å². The maximum Gasteiger partial charge on any atom is 0.490 e. The molecule has 70 heavy (non-hydrogen) atoms. The molecule has 20 heteroatoms. The monoisotopic (exact) mass is 960 g/mol. The van der Waals surface area contributed by atoms with E-state index in [0.717, 1.165) is 85.6 Å². The number of hydrogen-bond donors (Lipinski definition) is 3. The van der Waals surface area contributed by atoms with Crippen molar-refractivity contribution in [3.63, 3.8) is 0 Å². The number of carboxylic acids is 1. The minimum absolute atomic E-state index is 0.105. The molecule has 3 N–H and O–H groups in total. The zero-order valence-corrected chi connectivity index (χ0v) is 38.3. The summed E-state index contributed by atoms with van der Waals surface area (Å²) in [5.41, 5.74) is 7.20. The first-order valence-corrected chi connectivity index (χ1v) is 23.7. The van der Waals surface area contributed by atoms with Gasteiger partial charge in [0.05, 0.1) is 29.6 Å². The van der Waals surface area contributed by atoms with Crippen LogP contribution in [0, 0.1) is 5.41 Å². The maximum absolute atomic E-state index is 13.3. The largest absolute Gasteiger partial charge is 0.494 e. The minimum atomic E-state index is -5.08. The normalized spacial score (nSPS) is 21.7. The van der Waals surface area contributed by atoms with Crippen molar-refractivity contribution in [2.45, 2.75) is 68.9 Å². The number of imide groups is 2. The number of ether oxygens (including phenoxy) is 1. The number of likely N-dealkylation sites (tertiary alicyclic amines) is 2. The lowest BCUT2D eigenvalue weighted by atomic mass is 9.71. The highest BCUT2D eigenvalue weighted by Crippen LogP contribution is 2.46. The maximum atomic E-state index is 13.3. The Hall–Kier alpha value is -7.06. The van der Waals surface area contributed by atoms with Crippen molar-refractivity contribution in [2.24, 2.45) is 5.41 Å². The van der Waals surface area contributed by atoms with Crippen LogP contribution in [0.15, 0.2) is 79.1 Å². The molecule has 8 heterocycles. The second-order valence-corrected chi connectivity index (χ2v) is 19.5. The van der Waals surface area contributed by atoms with Crippen LogP contribution in [-0.4, -0.2) is 148 Å². The minimum Gasteiger partial charge on any atom is -0.494 e. The number of benzene rings is 3. The molecule has 6 fully saturated rings. The quantitative estimate of drug-likeness (QED) is 0.145. The van der Waals surface area contributed by atoms with Crippen molar-refractivity contribution in [1.82, 2.24) is 34.6 Å². The van der Waals surface area contributed by atoms with Crippen LogP contribution in [0.4, 0.5) is 36.2 Å². The number of carboxylic acid groups (broad SMARTS) is 1. The first-order valence-electron chi connectivity index (χ1n) is 23.7. The lowest BCUT2D eigenvalue weighted by Gasteiger charge is -2.59. The number of anilines is 4. The van der Waals surface area contributed by atoms with Gasteiger partial charge in [0, 0.05) is 116 Å². The summed E-state index contributed by atoms with van der Waals surface area (Å²) in [7, 11) is 1.72. The molecule has 364 valence electrons. The van der Waals surface area contributed by atoms with Gasteiger partial charge in [-0.25, -0.2) is 14.8 Å². The Labute approximate surface area is 400 Å². The van der Waals surface area contributed by atoms with Crippen LogP contribution in [-0.2, 0) is 14.4 Å². The molecular weight excluding hydrogens is 910 g/mol. The average Bonchev–Trinajstić information content (AvgIpc) is 4.03. The van der Waals surface area contributed by atoms with Crippen molar-refractivity contribution < 1.29 is 47.0 Å². The third-order valence-electron chi connectivity index (χ3n) is 15.1. The third-order valence-corrected chi connectivity index (χ3v) is 15.1. The Morgan fingerprint density at radius 3 is 2.20 bits per heavy atom. The summed E-state index contributed by atoms with van der Waals surface area (Å²) in [5.74, 6) is -3.36. The number of alkyl halides is 3. The molecule has 4 amide bonds. The number of rotatable bonds is 10. The van der Waals surface area contributed by atoms with Gasteiger partial charge in [-0.2, -0.15) is 13.2 Å². The first kappa shape index (κ1) is 45.4. The number of carbonyl (C=O) groups is 5. The smallest absolute Gasteiger partial charge is 0.490 e. The fourth-order valence-corrected chi connectivity index (χ4v) is 10.9. The van der Waals surface area contributed by atoms with Crippen molar-refractivity contribution in [3.8, 4) is 17.0 Å². The number of piperidine rings is 2. The van der Waals surface area contributed by atoms with Crippen molar-refractivity contribution >= 4 is 63.5 Å². The van der Waals surface area contributed by atoms with Crippen molar-refractivity contribution in [3.05, 3.63) is 90.3 Å². The number of amides is 4. The van der Waals surface area contributed by atoms with Gasteiger partial charge in [0.25, 0.3) is 11.8 Å². The summed E-state index contributed by atoms with van der Waals surface area (Å²) in [5, 5.41) is 14.0. The average molecular weight is 961 g/mol. The number of aliphatic carboxylic acids is 1. The number of methoxy groups -OCH3 is 1. The fourth-order valence-electron chi connectivity index (χ4n) is 10.9. The van der Waals surface area contributed by atoms with E-state index in [0.29, 0.717) is 40.6 Å². The molecule has 12 rings (SSSR count). The Balaban J connectivity index is 0.000000711. The van der Waals surface area contributed by atoms with Gasteiger partial charge < -0.3 is 29.5 Å². The predicted molar refractivity (Wildman–Crippen MR) is 251 cm³/mol. The van der Waals surface area contributed by atoms with Crippen LogP contribution in [0.5, 0.6) is 5.75 Å². The van der Waals surface area contributed by atoms with Crippen molar-refractivity contribution in [1.29, 1.82) is 0 Å². The first-order chi connectivity index (χ1) is 33.6. The second kappa shape index (κ2) is 17.4. The summed E-state index contributed by atoms with van der Waals surface area (Å²) >= 11 is 0. The summed E-state index contributed by atoms with van der Waals surface area (Å²) in [6.07, 6.45) is 4.11. The molecule has 1 saturated carbocycles. The summed E-state index contributed by atoms with van der Waals surface area (Å²) in [6, 6.07) is 23.0. The van der Waals surface area contributed by atoms with E-state index in [4.69, 9.17) is 19.6 Å². The van der Waals surface area contributed by atoms with E-state index >= 15 is 0 Å². The van der Waals surface area contributed by atoms with Crippen molar-refractivity contribution in [2.75, 3.05) is 74.6 Å². The Morgan fingerprint density at radius 1 is 0.814 bits per heavy atom. The van der Waals surface area contributed by atoms with E-state index in [1.165, 1.54) is 42.3 Å². The predicted octanol–water partition coefficient (Wildman–Crippen LogP) is 5.70. The molecule has 0 bridgehead atoms. The van der Waals surface area contributed by atoms with Crippen LogP contribution in [0.2, 0.25) is 0 Å². The highest BCUT2D eigenvalue weighted by Gasteiger charge is 2.49. The Bertz CT molecular complexity index is 2930. The van der Waals surface area contributed by atoms with Gasteiger partial charge in [0.1, 0.15) is 11.8 Å². The molecular formula is C50H51F3N10O7. The molecule has 5 saturated heterocycles. The summed E-state index contributed by atoms with van der Waals surface area (Å²) < 4.78 is 40.0. The molecule has 2 aromatic heterocycles. The van der Waals surface area contributed by atoms with Gasteiger partial charge in [0.2, 0.25) is 17.8 Å². The Morgan fingerprint density at radius 2 is 1.50 bits per heavy atom. The van der Waals surface area contributed by atoms with Crippen LogP contribution in [0.25, 0.3) is 22.2 Å². The number of para-hydroxylation sites is 1. The van der Waals surface area contributed by atoms with E-state index < -0.39 is 35.9 Å². The van der Waals surface area contributed by atoms with Crippen LogP contribution < -0.4 is 25.2 Å². The Kier molecular flexibility index (Phi) is 11.3. The van der Waals surface area contributed by atoms with Crippen LogP contribution in [0.3, 0.4) is 0 Å². The van der Waals surface area contributed by atoms with Gasteiger partial charge in [-0.1, -0.05) is 18.2 Å². The van der Waals surface area contributed by atoms with Gasteiger partial charge in [-0.15, -0.1) is 0 Å². The molecule has 7 aliphatic rings. The lowest BCUT2D eigenvalue weighted by Crippen LogP contribution is -2.71. The fraction of sp³-hybridized carbons (Fsp3) is 0.420. The molecule has 1 spiro atoms. The number of fused-ring (bicyclic) bond motifs is 2. The molecule has 3 aromatic carbocycles. The third kappa shape index (κ3) is 8.35. The highest BCUT2D eigenvalue weighted by atomic mass is 19.4. The second-order valence-electron chi connectivity index (χ2n) is 19.5. The van der Waals surface area contributed by atoms with Crippen LogP contribution >= 0.6 is 0 Å². The zero-order chi connectivity index (χ0) is 48.6. The van der Waals surface area contributed by atoms with Crippen LogP contribution in [0.1, 0.15) is 65.3 Å². The molecule has 6 aliphatic heterocycles. The number of halogens is 3. The van der Waals surface area contributed by atoms with E-state index in [2.05, 4.69) is 88.4 Å². The number of hydrogen-bond acceptors (Lipinski definition) is 13. The molecule has 0 radical (unpaired) electrons. The number of aromatic nitrogens is 3. The van der Waals surface area contributed by atoms with Gasteiger partial charge in [-0.3, -0.25) is 39.2 Å². The zero-order valence-electron chi connectivity index (χ0n) is 38.3. The summed E-state index contributed by atoms with van der Waals surface area (Å²) in [6.45, 7) is 8.29. The molecule has 5 aromatic rings. The lowest BCUT2D eigenvalue weighted by molar-refractivity contribution is -0.192.